The van der Waals surface area contributed by atoms with E-state index in [1.807, 2.05) is 0 Å². The van der Waals surface area contributed by atoms with Crippen LogP contribution in [-0.2, 0) is 10.0 Å². The molecule has 0 unspecified atom stereocenters. The van der Waals surface area contributed by atoms with Gasteiger partial charge in [0.05, 0.1) is 4.90 Å². The summed E-state index contributed by atoms with van der Waals surface area (Å²) in [6, 6.07) is 13.0. The van der Waals surface area contributed by atoms with Gasteiger partial charge >= 0.3 is 0 Å². The third-order valence-corrected chi connectivity index (χ3v) is 4.91. The van der Waals surface area contributed by atoms with Crippen LogP contribution >= 0.6 is 15.9 Å². The Morgan fingerprint density at radius 3 is 2.38 bits per heavy atom. The average molecular weight is 369 g/mol. The first-order valence-corrected chi connectivity index (χ1v) is 8.31. The van der Waals surface area contributed by atoms with Crippen LogP contribution in [0.3, 0.4) is 0 Å². The lowest BCUT2D eigenvalue weighted by Gasteiger charge is -2.09. The maximum absolute atomic E-state index is 12.1. The molecule has 21 heavy (non-hydrogen) atoms. The second-order valence-electron chi connectivity index (χ2n) is 4.34. The Bertz CT molecular complexity index is 761. The molecule has 0 aromatic heterocycles. The van der Waals surface area contributed by atoms with E-state index < -0.39 is 15.9 Å². The highest BCUT2D eigenvalue weighted by molar-refractivity contribution is 9.10. The second-order valence-corrected chi connectivity index (χ2v) is 6.87. The SMILES string of the molecule is Cc1cc(S(=O)(=O)NNC(=O)c2ccccc2)ccc1Br. The summed E-state index contributed by atoms with van der Waals surface area (Å²) >= 11 is 3.30. The van der Waals surface area contributed by atoms with Gasteiger partial charge in [-0.15, -0.1) is 4.83 Å². The molecule has 1 amide bonds. The number of sulfonamides is 1. The number of hydrogen-bond acceptors (Lipinski definition) is 3. The maximum atomic E-state index is 12.1. The minimum Gasteiger partial charge on any atom is -0.273 e. The van der Waals surface area contributed by atoms with Gasteiger partial charge in [0, 0.05) is 10.0 Å². The fraction of sp³-hybridized carbons (Fsp3) is 0.0714. The summed E-state index contributed by atoms with van der Waals surface area (Å²) in [5, 5.41) is 0. The highest BCUT2D eigenvalue weighted by Gasteiger charge is 2.16. The predicted octanol–water partition coefficient (Wildman–Crippen LogP) is 2.38. The third kappa shape index (κ3) is 3.90. The molecule has 110 valence electrons. The monoisotopic (exact) mass is 368 g/mol. The zero-order valence-electron chi connectivity index (χ0n) is 11.1. The second kappa shape index (κ2) is 6.38. The van der Waals surface area contributed by atoms with Crippen LogP contribution in [0.4, 0.5) is 0 Å². The van der Waals surface area contributed by atoms with Crippen LogP contribution in [-0.4, -0.2) is 14.3 Å². The van der Waals surface area contributed by atoms with E-state index in [1.54, 1.807) is 43.3 Å². The fourth-order valence-electron chi connectivity index (χ4n) is 1.62. The molecule has 0 heterocycles. The van der Waals surface area contributed by atoms with E-state index in [9.17, 15) is 13.2 Å². The number of aryl methyl sites for hydroxylation is 1. The molecule has 0 aliphatic carbocycles. The summed E-state index contributed by atoms with van der Waals surface area (Å²) in [5.41, 5.74) is 3.34. The van der Waals surface area contributed by atoms with E-state index in [4.69, 9.17) is 0 Å². The molecule has 2 rings (SSSR count). The van der Waals surface area contributed by atoms with E-state index >= 15 is 0 Å². The molecular weight excluding hydrogens is 356 g/mol. The molecule has 0 aliphatic rings. The van der Waals surface area contributed by atoms with Crippen molar-refractivity contribution in [3.05, 3.63) is 64.1 Å². The molecule has 2 aromatic carbocycles. The summed E-state index contributed by atoms with van der Waals surface area (Å²) in [7, 11) is -3.81. The summed E-state index contributed by atoms with van der Waals surface area (Å²) in [6.07, 6.45) is 0. The van der Waals surface area contributed by atoms with Crippen LogP contribution in [0.25, 0.3) is 0 Å². The molecule has 7 heteroatoms. The minimum atomic E-state index is -3.81. The Balaban J connectivity index is 2.11. The number of halogens is 1. The van der Waals surface area contributed by atoms with Crippen LogP contribution < -0.4 is 10.3 Å². The summed E-state index contributed by atoms with van der Waals surface area (Å²) < 4.78 is 25.0. The minimum absolute atomic E-state index is 0.0801. The Kier molecular flexibility index (Phi) is 4.76. The van der Waals surface area contributed by atoms with E-state index in [0.29, 0.717) is 5.56 Å². The number of hydrazine groups is 1. The largest absolute Gasteiger partial charge is 0.273 e. The Morgan fingerprint density at radius 2 is 1.76 bits per heavy atom. The van der Waals surface area contributed by atoms with Gasteiger partial charge in [-0.2, -0.15) is 0 Å². The average Bonchev–Trinajstić information content (AvgIpc) is 2.48. The zero-order chi connectivity index (χ0) is 15.5. The van der Waals surface area contributed by atoms with Gasteiger partial charge in [-0.1, -0.05) is 34.1 Å². The van der Waals surface area contributed by atoms with Crippen molar-refractivity contribution in [2.45, 2.75) is 11.8 Å². The first-order valence-electron chi connectivity index (χ1n) is 6.03. The molecule has 0 fully saturated rings. The lowest BCUT2D eigenvalue weighted by atomic mass is 10.2. The van der Waals surface area contributed by atoms with Crippen molar-refractivity contribution < 1.29 is 13.2 Å². The molecule has 0 radical (unpaired) electrons. The predicted molar refractivity (Wildman–Crippen MR) is 83.1 cm³/mol. The number of rotatable bonds is 4. The Labute approximate surface area is 131 Å². The van der Waals surface area contributed by atoms with E-state index in [2.05, 4.69) is 26.2 Å². The van der Waals surface area contributed by atoms with Crippen LogP contribution in [0.5, 0.6) is 0 Å². The first-order chi connectivity index (χ1) is 9.90. The highest BCUT2D eigenvalue weighted by atomic mass is 79.9. The van der Waals surface area contributed by atoms with E-state index in [0.717, 1.165) is 10.0 Å². The normalized spacial score (nSPS) is 11.1. The summed E-state index contributed by atoms with van der Waals surface area (Å²) in [5.74, 6) is -0.520. The van der Waals surface area contributed by atoms with E-state index in [1.165, 1.54) is 12.1 Å². The van der Waals surface area contributed by atoms with Gasteiger partial charge in [0.1, 0.15) is 0 Å². The molecule has 0 aliphatic heterocycles. The summed E-state index contributed by atoms with van der Waals surface area (Å²) in [4.78, 5) is 14.0. The lowest BCUT2D eigenvalue weighted by molar-refractivity contribution is 0.0945. The van der Waals surface area contributed by atoms with Gasteiger partial charge in [-0.3, -0.25) is 10.2 Å². The first kappa shape index (κ1) is 15.7. The molecular formula is C14H13BrN2O3S. The van der Waals surface area contributed by atoms with Gasteiger partial charge in [0.15, 0.2) is 0 Å². The fourth-order valence-corrected chi connectivity index (χ4v) is 2.79. The van der Waals surface area contributed by atoms with Crippen LogP contribution in [0, 0.1) is 6.92 Å². The molecule has 2 N–H and O–H groups in total. The number of hydrogen-bond donors (Lipinski definition) is 2. The highest BCUT2D eigenvalue weighted by Crippen LogP contribution is 2.19. The van der Waals surface area contributed by atoms with Crippen LogP contribution in [0.2, 0.25) is 0 Å². The van der Waals surface area contributed by atoms with Crippen molar-refractivity contribution in [2.24, 2.45) is 0 Å². The van der Waals surface area contributed by atoms with Crippen molar-refractivity contribution in [2.75, 3.05) is 0 Å². The molecule has 0 spiro atoms. The molecule has 0 saturated heterocycles. The molecule has 0 saturated carbocycles. The van der Waals surface area contributed by atoms with Crippen molar-refractivity contribution in [1.29, 1.82) is 0 Å². The van der Waals surface area contributed by atoms with Crippen molar-refractivity contribution in [1.82, 2.24) is 10.3 Å². The number of benzene rings is 2. The third-order valence-electron chi connectivity index (χ3n) is 2.77. The number of amides is 1. The summed E-state index contributed by atoms with van der Waals surface area (Å²) in [6.45, 7) is 1.78. The Hall–Kier alpha value is -1.70. The molecule has 5 nitrogen and oxygen atoms in total. The number of carbonyl (C=O) groups is 1. The molecule has 0 atom stereocenters. The maximum Gasteiger partial charge on any atom is 0.266 e. The zero-order valence-corrected chi connectivity index (χ0v) is 13.5. The topological polar surface area (TPSA) is 75.3 Å². The van der Waals surface area contributed by atoms with Crippen LogP contribution in [0.1, 0.15) is 15.9 Å². The smallest absolute Gasteiger partial charge is 0.266 e. The van der Waals surface area contributed by atoms with Gasteiger partial charge in [0.2, 0.25) is 0 Å². The van der Waals surface area contributed by atoms with Gasteiger partial charge in [-0.05, 0) is 42.8 Å². The van der Waals surface area contributed by atoms with Crippen molar-refractivity contribution >= 4 is 31.9 Å². The quantitative estimate of drug-likeness (QED) is 0.813. The lowest BCUT2D eigenvalue weighted by Crippen LogP contribution is -2.41. The molecule has 2 aromatic rings. The number of carbonyl (C=O) groups excluding carboxylic acids is 1. The molecule has 0 bridgehead atoms. The van der Waals surface area contributed by atoms with Gasteiger partial charge in [-0.25, -0.2) is 8.42 Å². The van der Waals surface area contributed by atoms with E-state index in [-0.39, 0.29) is 4.90 Å². The number of nitrogens with one attached hydrogen (secondary N) is 2. The Morgan fingerprint density at radius 1 is 1.10 bits per heavy atom. The van der Waals surface area contributed by atoms with Gasteiger partial charge < -0.3 is 0 Å². The standard InChI is InChI=1S/C14H13BrN2O3S/c1-10-9-12(7-8-13(10)15)21(19,20)17-16-14(18)11-5-3-2-4-6-11/h2-9,17H,1H3,(H,16,18). The van der Waals surface area contributed by atoms with Crippen LogP contribution in [0.15, 0.2) is 57.9 Å². The van der Waals surface area contributed by atoms with Crippen molar-refractivity contribution in [3.8, 4) is 0 Å². The van der Waals surface area contributed by atoms with Gasteiger partial charge in [0.25, 0.3) is 15.9 Å². The van der Waals surface area contributed by atoms with Crippen molar-refractivity contribution in [3.63, 3.8) is 0 Å².